The molecule has 0 saturated heterocycles. The highest BCUT2D eigenvalue weighted by Gasteiger charge is 2.29. The highest BCUT2D eigenvalue weighted by atomic mass is 16.5. The SMILES string of the molecule is COC1CCC1C=O. The van der Waals surface area contributed by atoms with Crippen molar-refractivity contribution in [1.29, 1.82) is 0 Å². The Bertz CT molecular complexity index is 88.5. The molecule has 0 radical (unpaired) electrons. The Morgan fingerprint density at radius 1 is 1.62 bits per heavy atom. The molecule has 0 aromatic carbocycles. The van der Waals surface area contributed by atoms with Crippen molar-refractivity contribution >= 4 is 6.29 Å². The van der Waals surface area contributed by atoms with E-state index >= 15 is 0 Å². The summed E-state index contributed by atoms with van der Waals surface area (Å²) in [6, 6.07) is 0. The molecule has 1 saturated carbocycles. The number of carbonyl (C=O) groups excluding carboxylic acids is 1. The minimum Gasteiger partial charge on any atom is -0.381 e. The predicted molar refractivity (Wildman–Crippen MR) is 29.6 cm³/mol. The Labute approximate surface area is 48.8 Å². The Balaban J connectivity index is 2.26. The monoisotopic (exact) mass is 114 g/mol. The molecule has 1 fully saturated rings. The zero-order valence-electron chi connectivity index (χ0n) is 4.96. The smallest absolute Gasteiger partial charge is 0.125 e. The number of rotatable bonds is 2. The Morgan fingerprint density at radius 2 is 2.38 bits per heavy atom. The molecular formula is C6H10O2. The molecule has 0 amide bonds. The number of carbonyl (C=O) groups is 1. The van der Waals surface area contributed by atoms with Crippen LogP contribution in [0.25, 0.3) is 0 Å². The van der Waals surface area contributed by atoms with Gasteiger partial charge in [0.2, 0.25) is 0 Å². The topological polar surface area (TPSA) is 26.3 Å². The largest absolute Gasteiger partial charge is 0.381 e. The van der Waals surface area contributed by atoms with Crippen molar-refractivity contribution in [2.45, 2.75) is 18.9 Å². The summed E-state index contributed by atoms with van der Waals surface area (Å²) in [5.41, 5.74) is 0. The lowest BCUT2D eigenvalue weighted by Crippen LogP contribution is -2.33. The zero-order valence-corrected chi connectivity index (χ0v) is 4.96. The third kappa shape index (κ3) is 0.757. The standard InChI is InChI=1S/C6H10O2/c1-8-6-3-2-5(6)4-7/h4-6H,2-3H2,1H3. The molecule has 0 spiro atoms. The molecule has 1 aliphatic carbocycles. The molecule has 0 bridgehead atoms. The van der Waals surface area contributed by atoms with Crippen molar-refractivity contribution in [3.8, 4) is 0 Å². The van der Waals surface area contributed by atoms with E-state index in [0.717, 1.165) is 19.1 Å². The molecule has 1 aliphatic rings. The molecule has 0 aromatic rings. The molecule has 2 nitrogen and oxygen atoms in total. The van der Waals surface area contributed by atoms with Crippen molar-refractivity contribution in [3.63, 3.8) is 0 Å². The summed E-state index contributed by atoms with van der Waals surface area (Å²) >= 11 is 0. The molecular weight excluding hydrogens is 104 g/mol. The van der Waals surface area contributed by atoms with Crippen LogP contribution in [0.3, 0.4) is 0 Å². The van der Waals surface area contributed by atoms with Crippen molar-refractivity contribution in [2.24, 2.45) is 5.92 Å². The van der Waals surface area contributed by atoms with Gasteiger partial charge < -0.3 is 9.53 Å². The Kier molecular flexibility index (Phi) is 1.63. The molecule has 2 heteroatoms. The second-order valence-electron chi connectivity index (χ2n) is 2.15. The Hall–Kier alpha value is -0.370. The molecule has 2 unspecified atom stereocenters. The van der Waals surface area contributed by atoms with Crippen LogP contribution in [0, 0.1) is 5.92 Å². The number of methoxy groups -OCH3 is 1. The number of ether oxygens (including phenoxy) is 1. The summed E-state index contributed by atoms with van der Waals surface area (Å²) < 4.78 is 4.96. The van der Waals surface area contributed by atoms with Crippen LogP contribution in [-0.2, 0) is 9.53 Å². The van der Waals surface area contributed by atoms with Crippen LogP contribution in [0.1, 0.15) is 12.8 Å². The van der Waals surface area contributed by atoms with Gasteiger partial charge in [-0.05, 0) is 12.8 Å². The normalized spacial score (nSPS) is 36.1. The van der Waals surface area contributed by atoms with Crippen LogP contribution in [0.2, 0.25) is 0 Å². The van der Waals surface area contributed by atoms with E-state index in [1.807, 2.05) is 0 Å². The first-order valence-corrected chi connectivity index (χ1v) is 2.86. The summed E-state index contributed by atoms with van der Waals surface area (Å²) in [4.78, 5) is 10.1. The first-order chi connectivity index (χ1) is 3.88. The third-order valence-corrected chi connectivity index (χ3v) is 1.74. The van der Waals surface area contributed by atoms with Crippen LogP contribution < -0.4 is 0 Å². The fourth-order valence-electron chi connectivity index (χ4n) is 0.944. The summed E-state index contributed by atoms with van der Waals surface area (Å²) in [7, 11) is 1.65. The summed E-state index contributed by atoms with van der Waals surface area (Å²) in [5, 5.41) is 0. The molecule has 0 N–H and O–H groups in total. The van der Waals surface area contributed by atoms with E-state index in [-0.39, 0.29) is 12.0 Å². The highest BCUT2D eigenvalue weighted by Crippen LogP contribution is 2.27. The second-order valence-corrected chi connectivity index (χ2v) is 2.15. The number of hydrogen-bond acceptors (Lipinski definition) is 2. The molecule has 0 aliphatic heterocycles. The van der Waals surface area contributed by atoms with Gasteiger partial charge in [0.15, 0.2) is 0 Å². The van der Waals surface area contributed by atoms with E-state index in [1.54, 1.807) is 7.11 Å². The maximum absolute atomic E-state index is 10.1. The maximum Gasteiger partial charge on any atom is 0.125 e. The van der Waals surface area contributed by atoms with Crippen LogP contribution in [-0.4, -0.2) is 19.5 Å². The number of hydrogen-bond donors (Lipinski definition) is 0. The van der Waals surface area contributed by atoms with Crippen LogP contribution in [0.5, 0.6) is 0 Å². The lowest BCUT2D eigenvalue weighted by Gasteiger charge is -2.30. The van der Waals surface area contributed by atoms with Gasteiger partial charge in [0, 0.05) is 13.0 Å². The van der Waals surface area contributed by atoms with Gasteiger partial charge in [-0.3, -0.25) is 0 Å². The quantitative estimate of drug-likeness (QED) is 0.492. The fourth-order valence-corrected chi connectivity index (χ4v) is 0.944. The van der Waals surface area contributed by atoms with Gasteiger partial charge in [-0.2, -0.15) is 0 Å². The van der Waals surface area contributed by atoms with Crippen molar-refractivity contribution < 1.29 is 9.53 Å². The first-order valence-electron chi connectivity index (χ1n) is 2.86. The third-order valence-electron chi connectivity index (χ3n) is 1.74. The average Bonchev–Trinajstić information content (AvgIpc) is 1.66. The van der Waals surface area contributed by atoms with Crippen LogP contribution >= 0.6 is 0 Å². The van der Waals surface area contributed by atoms with Crippen molar-refractivity contribution in [3.05, 3.63) is 0 Å². The summed E-state index contributed by atoms with van der Waals surface area (Å²) in [6.45, 7) is 0. The van der Waals surface area contributed by atoms with E-state index in [9.17, 15) is 4.79 Å². The van der Waals surface area contributed by atoms with Gasteiger partial charge in [0.05, 0.1) is 6.10 Å². The van der Waals surface area contributed by atoms with E-state index in [1.165, 1.54) is 0 Å². The minimum atomic E-state index is 0.194. The van der Waals surface area contributed by atoms with Gasteiger partial charge in [-0.15, -0.1) is 0 Å². The second kappa shape index (κ2) is 2.27. The van der Waals surface area contributed by atoms with Crippen molar-refractivity contribution in [2.75, 3.05) is 7.11 Å². The molecule has 0 heterocycles. The average molecular weight is 114 g/mol. The van der Waals surface area contributed by atoms with Gasteiger partial charge in [0.25, 0.3) is 0 Å². The number of aldehydes is 1. The summed E-state index contributed by atoms with van der Waals surface area (Å²) in [5.74, 6) is 0.194. The highest BCUT2D eigenvalue weighted by molar-refractivity contribution is 5.56. The minimum absolute atomic E-state index is 0.194. The van der Waals surface area contributed by atoms with Gasteiger partial charge in [-0.1, -0.05) is 0 Å². The van der Waals surface area contributed by atoms with E-state index < -0.39 is 0 Å². The summed E-state index contributed by atoms with van der Waals surface area (Å²) in [6.07, 6.45) is 3.28. The molecule has 2 atom stereocenters. The molecule has 46 valence electrons. The lowest BCUT2D eigenvalue weighted by atomic mass is 9.83. The predicted octanol–water partition coefficient (Wildman–Crippen LogP) is 0.610. The van der Waals surface area contributed by atoms with Crippen molar-refractivity contribution in [1.82, 2.24) is 0 Å². The van der Waals surface area contributed by atoms with Gasteiger partial charge in [-0.25, -0.2) is 0 Å². The van der Waals surface area contributed by atoms with Gasteiger partial charge in [0.1, 0.15) is 6.29 Å². The van der Waals surface area contributed by atoms with E-state index in [0.29, 0.717) is 0 Å². The maximum atomic E-state index is 10.1. The van der Waals surface area contributed by atoms with E-state index in [4.69, 9.17) is 4.74 Å². The first kappa shape index (κ1) is 5.76. The fraction of sp³-hybridized carbons (Fsp3) is 0.833. The molecule has 8 heavy (non-hydrogen) atoms. The van der Waals surface area contributed by atoms with Gasteiger partial charge >= 0.3 is 0 Å². The molecule has 1 rings (SSSR count). The van der Waals surface area contributed by atoms with Crippen LogP contribution in [0.4, 0.5) is 0 Å². The zero-order chi connectivity index (χ0) is 5.98. The lowest BCUT2D eigenvalue weighted by molar-refractivity contribution is -0.121. The van der Waals surface area contributed by atoms with Crippen LogP contribution in [0.15, 0.2) is 0 Å². The molecule has 0 aromatic heterocycles. The Morgan fingerprint density at radius 3 is 2.50 bits per heavy atom. The van der Waals surface area contributed by atoms with E-state index in [2.05, 4.69) is 0 Å².